The number of rotatable bonds is 7. The van der Waals surface area contributed by atoms with Gasteiger partial charge in [-0.05, 0) is 61.6 Å². The number of nitrogens with two attached hydrogens (primary N) is 1. The molecule has 0 aliphatic carbocycles. The van der Waals surface area contributed by atoms with E-state index in [1.807, 2.05) is 19.9 Å². The summed E-state index contributed by atoms with van der Waals surface area (Å²) in [6.45, 7) is 4.64. The standard InChI is InChI=1S/C22H25N5/c1-15-13-16(2)26-22(21(15)24)25-14-17-6-8-18(9-7-17)20-11-10-19(27-20)5-3-4-12-23/h6-11,13,27H,3-5,14,24H2,1-2H3,(H,25,26). The molecule has 3 aromatic rings. The van der Waals surface area contributed by atoms with E-state index < -0.39 is 0 Å². The molecule has 5 heteroatoms. The van der Waals surface area contributed by atoms with E-state index in [4.69, 9.17) is 11.0 Å². The number of nitrogens with one attached hydrogen (secondary N) is 2. The molecule has 0 radical (unpaired) electrons. The van der Waals surface area contributed by atoms with Crippen LogP contribution in [0.3, 0.4) is 0 Å². The number of aryl methyl sites for hydroxylation is 3. The second-order valence-corrected chi connectivity index (χ2v) is 6.80. The van der Waals surface area contributed by atoms with Crippen LogP contribution < -0.4 is 11.1 Å². The van der Waals surface area contributed by atoms with Crippen molar-refractivity contribution in [3.05, 3.63) is 65.0 Å². The predicted octanol–water partition coefficient (Wildman–Crippen LogP) is 4.73. The fourth-order valence-corrected chi connectivity index (χ4v) is 3.08. The lowest BCUT2D eigenvalue weighted by Crippen LogP contribution is -2.06. The van der Waals surface area contributed by atoms with E-state index in [0.29, 0.717) is 18.7 Å². The fraction of sp³-hybridized carbons (Fsp3) is 0.273. The average molecular weight is 359 g/mol. The Labute approximate surface area is 160 Å². The lowest BCUT2D eigenvalue weighted by Gasteiger charge is -2.12. The summed E-state index contributed by atoms with van der Waals surface area (Å²) in [5, 5.41) is 12.0. The highest BCUT2D eigenvalue weighted by molar-refractivity contribution is 5.66. The summed E-state index contributed by atoms with van der Waals surface area (Å²) in [4.78, 5) is 7.92. The van der Waals surface area contributed by atoms with Crippen molar-refractivity contribution in [1.82, 2.24) is 9.97 Å². The first-order valence-corrected chi connectivity index (χ1v) is 9.18. The Bertz CT molecular complexity index is 948. The van der Waals surface area contributed by atoms with Gasteiger partial charge >= 0.3 is 0 Å². The Morgan fingerprint density at radius 2 is 1.93 bits per heavy atom. The molecule has 0 amide bonds. The first-order chi connectivity index (χ1) is 13.1. The van der Waals surface area contributed by atoms with E-state index in [-0.39, 0.29) is 0 Å². The lowest BCUT2D eigenvalue weighted by atomic mass is 10.1. The molecule has 1 aromatic carbocycles. The van der Waals surface area contributed by atoms with Crippen LogP contribution in [0.2, 0.25) is 0 Å². The molecule has 0 bridgehead atoms. The van der Waals surface area contributed by atoms with Crippen LogP contribution in [0, 0.1) is 25.2 Å². The van der Waals surface area contributed by atoms with E-state index in [1.54, 1.807) is 0 Å². The zero-order chi connectivity index (χ0) is 19.2. The summed E-state index contributed by atoms with van der Waals surface area (Å²) < 4.78 is 0. The maximum absolute atomic E-state index is 8.64. The van der Waals surface area contributed by atoms with Gasteiger partial charge in [-0.1, -0.05) is 24.3 Å². The number of hydrogen-bond acceptors (Lipinski definition) is 4. The number of hydrogen-bond donors (Lipinski definition) is 3. The van der Waals surface area contributed by atoms with Gasteiger partial charge in [0.2, 0.25) is 0 Å². The van der Waals surface area contributed by atoms with Crippen LogP contribution in [0.25, 0.3) is 11.3 Å². The number of benzene rings is 1. The molecule has 138 valence electrons. The molecule has 0 fully saturated rings. The number of aromatic nitrogens is 2. The summed E-state index contributed by atoms with van der Waals surface area (Å²) in [6.07, 6.45) is 2.38. The van der Waals surface area contributed by atoms with Crippen molar-refractivity contribution in [1.29, 1.82) is 5.26 Å². The number of H-pyrrole nitrogens is 1. The quantitative estimate of drug-likeness (QED) is 0.532. The molecule has 2 aromatic heterocycles. The Balaban J connectivity index is 1.63. The normalized spacial score (nSPS) is 10.6. The van der Waals surface area contributed by atoms with Crippen molar-refractivity contribution in [2.45, 2.75) is 39.7 Å². The number of pyridine rings is 1. The molecule has 0 atom stereocenters. The monoisotopic (exact) mass is 359 g/mol. The molecule has 0 aliphatic rings. The molecule has 5 nitrogen and oxygen atoms in total. The van der Waals surface area contributed by atoms with Gasteiger partial charge in [-0.3, -0.25) is 0 Å². The van der Waals surface area contributed by atoms with Gasteiger partial charge in [0.05, 0.1) is 11.8 Å². The SMILES string of the molecule is Cc1cc(C)c(N)c(NCc2ccc(-c3ccc(CCCC#N)[nH]3)cc2)n1. The smallest absolute Gasteiger partial charge is 0.150 e. The van der Waals surface area contributed by atoms with E-state index in [9.17, 15) is 0 Å². The van der Waals surface area contributed by atoms with E-state index >= 15 is 0 Å². The van der Waals surface area contributed by atoms with Gasteiger partial charge in [-0.2, -0.15) is 5.26 Å². The van der Waals surface area contributed by atoms with Crippen molar-refractivity contribution >= 4 is 11.5 Å². The van der Waals surface area contributed by atoms with E-state index in [1.165, 1.54) is 11.3 Å². The second kappa shape index (κ2) is 8.41. The minimum absolute atomic E-state index is 0.593. The van der Waals surface area contributed by atoms with Crippen molar-refractivity contribution in [3.8, 4) is 17.3 Å². The third-order valence-corrected chi connectivity index (χ3v) is 4.60. The molecule has 27 heavy (non-hydrogen) atoms. The number of anilines is 2. The van der Waals surface area contributed by atoms with Gasteiger partial charge in [-0.25, -0.2) is 4.98 Å². The molecule has 0 spiro atoms. The zero-order valence-corrected chi connectivity index (χ0v) is 15.8. The molecule has 0 saturated carbocycles. The summed E-state index contributed by atoms with van der Waals surface area (Å²) >= 11 is 0. The molecule has 4 N–H and O–H groups in total. The highest BCUT2D eigenvalue weighted by atomic mass is 15.0. The number of aromatic amines is 1. The minimum atomic E-state index is 0.593. The van der Waals surface area contributed by atoms with Gasteiger partial charge in [0.15, 0.2) is 0 Å². The molecular weight excluding hydrogens is 334 g/mol. The van der Waals surface area contributed by atoms with Crippen LogP contribution in [-0.4, -0.2) is 9.97 Å². The maximum atomic E-state index is 8.64. The molecule has 0 unspecified atom stereocenters. The predicted molar refractivity (Wildman–Crippen MR) is 110 cm³/mol. The Kier molecular flexibility index (Phi) is 5.77. The number of nitrogen functional groups attached to an aromatic ring is 1. The maximum Gasteiger partial charge on any atom is 0.150 e. The summed E-state index contributed by atoms with van der Waals surface area (Å²) in [5.41, 5.74) is 13.4. The Morgan fingerprint density at radius 3 is 2.67 bits per heavy atom. The molecular formula is C22H25N5. The van der Waals surface area contributed by atoms with Crippen LogP contribution in [0.5, 0.6) is 0 Å². The fourth-order valence-electron chi connectivity index (χ4n) is 3.08. The third-order valence-electron chi connectivity index (χ3n) is 4.60. The zero-order valence-electron chi connectivity index (χ0n) is 15.8. The Morgan fingerprint density at radius 1 is 1.15 bits per heavy atom. The van der Waals surface area contributed by atoms with Crippen LogP contribution in [0.15, 0.2) is 42.5 Å². The van der Waals surface area contributed by atoms with Crippen molar-refractivity contribution in [3.63, 3.8) is 0 Å². The lowest BCUT2D eigenvalue weighted by molar-refractivity contribution is 0.831. The molecule has 3 rings (SSSR count). The number of nitriles is 1. The summed E-state index contributed by atoms with van der Waals surface area (Å²) in [6, 6.07) is 16.8. The minimum Gasteiger partial charge on any atom is -0.396 e. The van der Waals surface area contributed by atoms with Gasteiger partial charge in [0, 0.05) is 30.0 Å². The van der Waals surface area contributed by atoms with Gasteiger partial charge in [0.1, 0.15) is 5.82 Å². The van der Waals surface area contributed by atoms with Gasteiger partial charge < -0.3 is 16.0 Å². The van der Waals surface area contributed by atoms with Crippen LogP contribution in [-0.2, 0) is 13.0 Å². The Hall–Kier alpha value is -3.26. The molecule has 2 heterocycles. The van der Waals surface area contributed by atoms with Gasteiger partial charge in [-0.15, -0.1) is 0 Å². The average Bonchev–Trinajstić information content (AvgIpc) is 3.13. The third kappa shape index (κ3) is 4.68. The van der Waals surface area contributed by atoms with E-state index in [2.05, 4.69) is 57.8 Å². The van der Waals surface area contributed by atoms with E-state index in [0.717, 1.165) is 41.2 Å². The van der Waals surface area contributed by atoms with Crippen LogP contribution >= 0.6 is 0 Å². The van der Waals surface area contributed by atoms with Crippen molar-refractivity contribution in [2.75, 3.05) is 11.1 Å². The summed E-state index contributed by atoms with van der Waals surface area (Å²) in [7, 11) is 0. The van der Waals surface area contributed by atoms with Crippen molar-refractivity contribution < 1.29 is 0 Å². The topological polar surface area (TPSA) is 90.5 Å². The molecule has 0 saturated heterocycles. The highest BCUT2D eigenvalue weighted by Gasteiger charge is 2.06. The van der Waals surface area contributed by atoms with Crippen LogP contribution in [0.4, 0.5) is 11.5 Å². The molecule has 0 aliphatic heterocycles. The first kappa shape index (κ1) is 18.5. The summed E-state index contributed by atoms with van der Waals surface area (Å²) in [5.74, 6) is 0.739. The first-order valence-electron chi connectivity index (χ1n) is 9.18. The largest absolute Gasteiger partial charge is 0.396 e. The second-order valence-electron chi connectivity index (χ2n) is 6.80. The van der Waals surface area contributed by atoms with Gasteiger partial charge in [0.25, 0.3) is 0 Å². The van der Waals surface area contributed by atoms with Crippen LogP contribution in [0.1, 0.15) is 35.4 Å². The number of nitrogens with zero attached hydrogens (tertiary/aromatic N) is 2. The number of unbranched alkanes of at least 4 members (excludes halogenated alkanes) is 1. The van der Waals surface area contributed by atoms with Crippen molar-refractivity contribution in [2.24, 2.45) is 0 Å². The highest BCUT2D eigenvalue weighted by Crippen LogP contribution is 2.23.